The highest BCUT2D eigenvalue weighted by molar-refractivity contribution is 5.99. The number of hydrogen-bond acceptors (Lipinski definition) is 2. The third-order valence-electron chi connectivity index (χ3n) is 3.31. The summed E-state index contributed by atoms with van der Waals surface area (Å²) in [7, 11) is 1.64. The van der Waals surface area contributed by atoms with Gasteiger partial charge in [0.05, 0.1) is 7.11 Å². The summed E-state index contributed by atoms with van der Waals surface area (Å²) in [6.07, 6.45) is 1.10. The molecule has 2 unspecified atom stereocenters. The van der Waals surface area contributed by atoms with Crippen LogP contribution in [0.4, 0.5) is 5.69 Å². The van der Waals surface area contributed by atoms with Crippen LogP contribution in [0.1, 0.15) is 6.42 Å². The van der Waals surface area contributed by atoms with Gasteiger partial charge in [0, 0.05) is 18.2 Å². The van der Waals surface area contributed by atoms with Crippen molar-refractivity contribution < 1.29 is 9.53 Å². The molecular formula is C12H13NO2. The van der Waals surface area contributed by atoms with Crippen molar-refractivity contribution in [3.63, 3.8) is 0 Å². The number of carbonyl (C=O) groups excluding carboxylic acids is 1. The van der Waals surface area contributed by atoms with Gasteiger partial charge in [-0.1, -0.05) is 0 Å². The lowest BCUT2D eigenvalue weighted by molar-refractivity contribution is -0.118. The van der Waals surface area contributed by atoms with Gasteiger partial charge in [0.2, 0.25) is 5.91 Å². The molecule has 2 aliphatic rings. The average Bonchev–Trinajstić information content (AvgIpc) is 2.98. The summed E-state index contributed by atoms with van der Waals surface area (Å²) < 4.78 is 5.09. The van der Waals surface area contributed by atoms with Gasteiger partial charge in [-0.05, 0) is 36.6 Å². The number of methoxy groups -OCH3 is 1. The Morgan fingerprint density at radius 1 is 1.33 bits per heavy atom. The van der Waals surface area contributed by atoms with Crippen molar-refractivity contribution in [2.75, 3.05) is 18.6 Å². The number of fused-ring (bicyclic) bond motifs is 1. The molecule has 1 aliphatic carbocycles. The predicted octanol–water partition coefficient (Wildman–Crippen LogP) is 1.68. The fourth-order valence-corrected chi connectivity index (χ4v) is 2.27. The van der Waals surface area contributed by atoms with Crippen molar-refractivity contribution in [2.24, 2.45) is 11.8 Å². The first-order valence-electron chi connectivity index (χ1n) is 5.25. The smallest absolute Gasteiger partial charge is 0.230 e. The second-order valence-corrected chi connectivity index (χ2v) is 4.25. The van der Waals surface area contributed by atoms with Crippen LogP contribution >= 0.6 is 0 Å². The topological polar surface area (TPSA) is 29.5 Å². The maximum Gasteiger partial charge on any atom is 0.230 e. The van der Waals surface area contributed by atoms with Crippen LogP contribution in [0.25, 0.3) is 0 Å². The lowest BCUT2D eigenvalue weighted by Gasteiger charge is -2.18. The van der Waals surface area contributed by atoms with E-state index in [-0.39, 0.29) is 0 Å². The SMILES string of the molecule is COc1ccc(N2CC3CC3C2=O)cc1. The van der Waals surface area contributed by atoms with Crippen molar-refractivity contribution in [1.29, 1.82) is 0 Å². The number of hydrogen-bond donors (Lipinski definition) is 0. The van der Waals surface area contributed by atoms with E-state index in [0.717, 1.165) is 24.4 Å². The molecule has 1 heterocycles. The Morgan fingerprint density at radius 2 is 2.07 bits per heavy atom. The first kappa shape index (κ1) is 8.77. The van der Waals surface area contributed by atoms with E-state index in [1.165, 1.54) is 0 Å². The van der Waals surface area contributed by atoms with E-state index in [9.17, 15) is 4.79 Å². The van der Waals surface area contributed by atoms with Crippen molar-refractivity contribution in [1.82, 2.24) is 0 Å². The summed E-state index contributed by atoms with van der Waals surface area (Å²) in [6, 6.07) is 7.68. The summed E-state index contributed by atoms with van der Waals surface area (Å²) in [5.74, 6) is 2.08. The molecule has 0 spiro atoms. The van der Waals surface area contributed by atoms with Crippen molar-refractivity contribution >= 4 is 11.6 Å². The predicted molar refractivity (Wildman–Crippen MR) is 56.9 cm³/mol. The van der Waals surface area contributed by atoms with E-state index in [1.807, 2.05) is 29.2 Å². The third kappa shape index (κ3) is 1.30. The normalized spacial score (nSPS) is 27.8. The minimum Gasteiger partial charge on any atom is -0.497 e. The largest absolute Gasteiger partial charge is 0.497 e. The zero-order valence-corrected chi connectivity index (χ0v) is 8.64. The van der Waals surface area contributed by atoms with Gasteiger partial charge in [0.25, 0.3) is 0 Å². The van der Waals surface area contributed by atoms with E-state index in [2.05, 4.69) is 0 Å². The lowest BCUT2D eigenvalue weighted by Crippen LogP contribution is -2.27. The van der Waals surface area contributed by atoms with E-state index >= 15 is 0 Å². The molecule has 0 bridgehead atoms. The number of anilines is 1. The van der Waals surface area contributed by atoms with Crippen molar-refractivity contribution in [3.8, 4) is 5.75 Å². The zero-order chi connectivity index (χ0) is 10.4. The molecule has 0 radical (unpaired) electrons. The van der Waals surface area contributed by atoms with Gasteiger partial charge in [-0.2, -0.15) is 0 Å². The number of nitrogens with zero attached hydrogens (tertiary/aromatic N) is 1. The number of benzene rings is 1. The maximum atomic E-state index is 11.8. The Kier molecular flexibility index (Phi) is 1.75. The summed E-state index contributed by atoms with van der Waals surface area (Å²) in [4.78, 5) is 13.7. The van der Waals surface area contributed by atoms with Crippen LogP contribution in [-0.2, 0) is 4.79 Å². The Morgan fingerprint density at radius 3 is 2.60 bits per heavy atom. The van der Waals surface area contributed by atoms with Crippen LogP contribution in [0.15, 0.2) is 24.3 Å². The minimum absolute atomic E-state index is 0.296. The van der Waals surface area contributed by atoms with Crippen LogP contribution < -0.4 is 9.64 Å². The van der Waals surface area contributed by atoms with E-state index in [0.29, 0.717) is 17.7 Å². The number of amides is 1. The van der Waals surface area contributed by atoms with Crippen LogP contribution in [0.5, 0.6) is 5.75 Å². The first-order chi connectivity index (χ1) is 7.29. The van der Waals surface area contributed by atoms with Gasteiger partial charge in [-0.25, -0.2) is 0 Å². The molecule has 2 atom stereocenters. The molecule has 1 amide bonds. The first-order valence-corrected chi connectivity index (χ1v) is 5.25. The van der Waals surface area contributed by atoms with E-state index in [4.69, 9.17) is 4.74 Å². The molecule has 3 rings (SSSR count). The molecule has 2 fully saturated rings. The summed E-state index contributed by atoms with van der Waals surface area (Å²) in [5.41, 5.74) is 0.994. The summed E-state index contributed by atoms with van der Waals surface area (Å²) in [5, 5.41) is 0. The fraction of sp³-hybridized carbons (Fsp3) is 0.417. The van der Waals surface area contributed by atoms with Crippen LogP contribution in [-0.4, -0.2) is 19.6 Å². The Labute approximate surface area is 88.6 Å². The third-order valence-corrected chi connectivity index (χ3v) is 3.31. The van der Waals surface area contributed by atoms with Gasteiger partial charge >= 0.3 is 0 Å². The second kappa shape index (κ2) is 2.99. The monoisotopic (exact) mass is 203 g/mol. The lowest BCUT2D eigenvalue weighted by atomic mass is 10.2. The van der Waals surface area contributed by atoms with E-state index in [1.54, 1.807) is 7.11 Å². The Balaban J connectivity index is 1.84. The maximum absolute atomic E-state index is 11.8. The van der Waals surface area contributed by atoms with Crippen LogP contribution in [0, 0.1) is 11.8 Å². The number of carbonyl (C=O) groups is 1. The average molecular weight is 203 g/mol. The summed E-state index contributed by atoms with van der Waals surface area (Å²) in [6.45, 7) is 0.899. The second-order valence-electron chi connectivity index (χ2n) is 4.25. The molecule has 1 saturated carbocycles. The van der Waals surface area contributed by atoms with Crippen LogP contribution in [0.3, 0.4) is 0 Å². The standard InChI is InChI=1S/C12H13NO2/c1-15-10-4-2-9(3-5-10)13-7-8-6-11(8)12(13)14/h2-5,8,11H,6-7H2,1H3. The fourth-order valence-electron chi connectivity index (χ4n) is 2.27. The Bertz CT molecular complexity index is 399. The number of rotatable bonds is 2. The highest BCUT2D eigenvalue weighted by Crippen LogP contribution is 2.47. The van der Waals surface area contributed by atoms with Crippen LogP contribution in [0.2, 0.25) is 0 Å². The molecule has 1 aliphatic heterocycles. The number of piperidine rings is 1. The molecule has 3 heteroatoms. The number of ether oxygens (including phenoxy) is 1. The van der Waals surface area contributed by atoms with Gasteiger partial charge in [-0.3, -0.25) is 4.79 Å². The van der Waals surface area contributed by atoms with Crippen molar-refractivity contribution in [3.05, 3.63) is 24.3 Å². The van der Waals surface area contributed by atoms with Gasteiger partial charge in [0.1, 0.15) is 5.75 Å². The zero-order valence-electron chi connectivity index (χ0n) is 8.64. The van der Waals surface area contributed by atoms with E-state index < -0.39 is 0 Å². The Hall–Kier alpha value is -1.51. The highest BCUT2D eigenvalue weighted by Gasteiger charge is 2.52. The molecule has 1 saturated heterocycles. The molecule has 1 aromatic carbocycles. The molecule has 0 aromatic heterocycles. The van der Waals surface area contributed by atoms with Gasteiger partial charge < -0.3 is 9.64 Å². The molecule has 78 valence electrons. The molecule has 0 N–H and O–H groups in total. The highest BCUT2D eigenvalue weighted by atomic mass is 16.5. The van der Waals surface area contributed by atoms with Crippen molar-refractivity contribution in [2.45, 2.75) is 6.42 Å². The molecule has 1 aromatic rings. The summed E-state index contributed by atoms with van der Waals surface area (Å²) >= 11 is 0. The molecule has 3 nitrogen and oxygen atoms in total. The molecular weight excluding hydrogens is 190 g/mol. The quantitative estimate of drug-likeness (QED) is 0.731. The van der Waals surface area contributed by atoms with Gasteiger partial charge in [-0.15, -0.1) is 0 Å². The minimum atomic E-state index is 0.296. The molecule has 15 heavy (non-hydrogen) atoms. The van der Waals surface area contributed by atoms with Gasteiger partial charge in [0.15, 0.2) is 0 Å².